The van der Waals surface area contributed by atoms with Crippen molar-refractivity contribution in [2.75, 3.05) is 6.61 Å². The summed E-state index contributed by atoms with van der Waals surface area (Å²) in [6.07, 6.45) is -2.45. The maximum absolute atomic E-state index is 12.3. The number of esters is 1. The summed E-state index contributed by atoms with van der Waals surface area (Å²) in [5, 5.41) is 4.39. The number of halogens is 3. The van der Waals surface area contributed by atoms with Crippen molar-refractivity contribution in [3.63, 3.8) is 0 Å². The van der Waals surface area contributed by atoms with E-state index < -0.39 is 6.36 Å². The van der Waals surface area contributed by atoms with Crippen LogP contribution < -0.4 is 4.74 Å². The lowest BCUT2D eigenvalue weighted by Gasteiger charge is -2.12. The highest BCUT2D eigenvalue weighted by Crippen LogP contribution is 2.24. The number of rotatable bonds is 8. The number of aromatic nitrogens is 3. The van der Waals surface area contributed by atoms with Gasteiger partial charge in [0.2, 0.25) is 0 Å². The summed E-state index contributed by atoms with van der Waals surface area (Å²) in [6.45, 7) is 6.53. The highest BCUT2D eigenvalue weighted by Gasteiger charge is 2.31. The molecule has 1 heterocycles. The minimum atomic E-state index is -4.75. The standard InChI is InChI=1S/C28H26F3N3O3/c1-18-14-19(2)25(20(3)15-18)12-13-36-26(35)16-21-4-6-22(7-5-21)27-32-17-34(33-27)23-8-10-24(11-9-23)37-28(29,30)31/h4-11,14-15,17H,12-13,16H2,1-3H3. The minimum absolute atomic E-state index is 0.153. The Morgan fingerprint density at radius 2 is 1.59 bits per heavy atom. The number of hydrogen-bond donors (Lipinski definition) is 0. The molecule has 0 saturated heterocycles. The Labute approximate surface area is 212 Å². The van der Waals surface area contributed by atoms with Gasteiger partial charge in [-0.2, -0.15) is 0 Å². The van der Waals surface area contributed by atoms with Gasteiger partial charge in [0.25, 0.3) is 0 Å². The molecule has 0 radical (unpaired) electrons. The molecule has 0 atom stereocenters. The van der Waals surface area contributed by atoms with Crippen molar-refractivity contribution in [3.8, 4) is 22.8 Å². The van der Waals surface area contributed by atoms with Gasteiger partial charge in [0.05, 0.1) is 18.7 Å². The highest BCUT2D eigenvalue weighted by molar-refractivity contribution is 5.73. The lowest BCUT2D eigenvalue weighted by Crippen LogP contribution is -2.17. The fraction of sp³-hybridized carbons (Fsp3) is 0.250. The molecule has 0 N–H and O–H groups in total. The quantitative estimate of drug-likeness (QED) is 0.269. The van der Waals surface area contributed by atoms with Crippen molar-refractivity contribution >= 4 is 5.97 Å². The van der Waals surface area contributed by atoms with Crippen LogP contribution in [0.4, 0.5) is 13.2 Å². The summed E-state index contributed by atoms with van der Waals surface area (Å²) in [5.74, 6) is -0.171. The molecule has 0 saturated carbocycles. The van der Waals surface area contributed by atoms with Crippen LogP contribution in [-0.4, -0.2) is 33.7 Å². The van der Waals surface area contributed by atoms with Gasteiger partial charge in [0.1, 0.15) is 12.1 Å². The minimum Gasteiger partial charge on any atom is -0.465 e. The third-order valence-electron chi connectivity index (χ3n) is 5.84. The average molecular weight is 510 g/mol. The zero-order valence-electron chi connectivity index (χ0n) is 20.7. The smallest absolute Gasteiger partial charge is 0.465 e. The lowest BCUT2D eigenvalue weighted by molar-refractivity contribution is -0.274. The predicted octanol–water partition coefficient (Wildman–Crippen LogP) is 6.09. The van der Waals surface area contributed by atoms with Crippen LogP contribution in [0.2, 0.25) is 0 Å². The number of hydrogen-bond acceptors (Lipinski definition) is 5. The van der Waals surface area contributed by atoms with Gasteiger partial charge >= 0.3 is 12.3 Å². The van der Waals surface area contributed by atoms with Crippen LogP contribution in [0.15, 0.2) is 67.0 Å². The van der Waals surface area contributed by atoms with E-state index in [-0.39, 0.29) is 18.1 Å². The van der Waals surface area contributed by atoms with Crippen molar-refractivity contribution in [3.05, 3.63) is 94.8 Å². The molecule has 0 aliphatic carbocycles. The topological polar surface area (TPSA) is 66.2 Å². The molecule has 0 bridgehead atoms. The maximum atomic E-state index is 12.3. The van der Waals surface area contributed by atoms with Crippen LogP contribution in [0, 0.1) is 20.8 Å². The van der Waals surface area contributed by atoms with E-state index in [1.165, 1.54) is 57.5 Å². The van der Waals surface area contributed by atoms with Crippen LogP contribution in [-0.2, 0) is 22.4 Å². The third kappa shape index (κ3) is 6.97. The van der Waals surface area contributed by atoms with Crippen molar-refractivity contribution < 1.29 is 27.4 Å². The molecule has 0 unspecified atom stereocenters. The molecule has 1 aromatic heterocycles. The average Bonchev–Trinajstić information content (AvgIpc) is 3.31. The first-order chi connectivity index (χ1) is 17.6. The summed E-state index contributed by atoms with van der Waals surface area (Å²) in [7, 11) is 0. The zero-order chi connectivity index (χ0) is 26.6. The lowest BCUT2D eigenvalue weighted by atomic mass is 9.98. The summed E-state index contributed by atoms with van der Waals surface area (Å²) in [6, 6.07) is 16.8. The molecule has 4 aromatic rings. The molecule has 0 amide bonds. The molecule has 6 nitrogen and oxygen atoms in total. The normalized spacial score (nSPS) is 11.4. The van der Waals surface area contributed by atoms with E-state index in [9.17, 15) is 18.0 Å². The number of ether oxygens (including phenoxy) is 2. The van der Waals surface area contributed by atoms with Crippen molar-refractivity contribution in [1.29, 1.82) is 0 Å². The van der Waals surface area contributed by atoms with Crippen LogP contribution in [0.1, 0.15) is 27.8 Å². The van der Waals surface area contributed by atoms with Gasteiger partial charge < -0.3 is 9.47 Å². The van der Waals surface area contributed by atoms with E-state index in [1.54, 1.807) is 0 Å². The zero-order valence-corrected chi connectivity index (χ0v) is 20.7. The van der Waals surface area contributed by atoms with Gasteiger partial charge in [-0.05, 0) is 67.3 Å². The van der Waals surface area contributed by atoms with E-state index in [0.717, 1.165) is 11.1 Å². The molecule has 3 aromatic carbocycles. The molecule has 9 heteroatoms. The molecular weight excluding hydrogens is 483 g/mol. The molecule has 37 heavy (non-hydrogen) atoms. The molecule has 0 aliphatic heterocycles. The maximum Gasteiger partial charge on any atom is 0.573 e. The number of benzene rings is 3. The first-order valence-corrected chi connectivity index (χ1v) is 11.7. The largest absolute Gasteiger partial charge is 0.573 e. The summed E-state index contributed by atoms with van der Waals surface area (Å²) >= 11 is 0. The summed E-state index contributed by atoms with van der Waals surface area (Å²) in [5.41, 5.74) is 6.90. The molecule has 0 spiro atoms. The summed E-state index contributed by atoms with van der Waals surface area (Å²) in [4.78, 5) is 16.6. The fourth-order valence-corrected chi connectivity index (χ4v) is 4.18. The van der Waals surface area contributed by atoms with Gasteiger partial charge in [0.15, 0.2) is 5.82 Å². The van der Waals surface area contributed by atoms with Crippen molar-refractivity contribution in [2.45, 2.75) is 40.0 Å². The Hall–Kier alpha value is -4.14. The Morgan fingerprint density at radius 3 is 2.22 bits per heavy atom. The van der Waals surface area contributed by atoms with E-state index in [0.29, 0.717) is 24.5 Å². The number of alkyl halides is 3. The van der Waals surface area contributed by atoms with Crippen LogP contribution in [0.5, 0.6) is 5.75 Å². The molecule has 0 aliphatic rings. The second-order valence-electron chi connectivity index (χ2n) is 8.78. The SMILES string of the molecule is Cc1cc(C)c(CCOC(=O)Cc2ccc(-c3ncn(-c4ccc(OC(F)(F)F)cc4)n3)cc2)c(C)c1. The Balaban J connectivity index is 1.32. The van der Waals surface area contributed by atoms with Crippen molar-refractivity contribution in [2.24, 2.45) is 0 Å². The molecule has 0 fully saturated rings. The van der Waals surface area contributed by atoms with Gasteiger partial charge in [0, 0.05) is 12.0 Å². The number of aryl methyl sites for hydroxylation is 3. The first-order valence-electron chi connectivity index (χ1n) is 11.7. The van der Waals surface area contributed by atoms with E-state index in [2.05, 4.69) is 47.7 Å². The molecule has 4 rings (SSSR count). The Morgan fingerprint density at radius 1 is 0.946 bits per heavy atom. The van der Waals surface area contributed by atoms with Crippen LogP contribution in [0.25, 0.3) is 17.1 Å². The van der Waals surface area contributed by atoms with E-state index >= 15 is 0 Å². The van der Waals surface area contributed by atoms with Gasteiger partial charge in [-0.25, -0.2) is 9.67 Å². The summed E-state index contributed by atoms with van der Waals surface area (Å²) < 4.78 is 47.8. The fourth-order valence-electron chi connectivity index (χ4n) is 4.18. The highest BCUT2D eigenvalue weighted by atomic mass is 19.4. The Bertz CT molecular complexity index is 1360. The number of carbonyl (C=O) groups excluding carboxylic acids is 1. The number of carbonyl (C=O) groups is 1. The third-order valence-corrected chi connectivity index (χ3v) is 5.84. The molecule has 192 valence electrons. The van der Waals surface area contributed by atoms with Crippen molar-refractivity contribution in [1.82, 2.24) is 14.8 Å². The van der Waals surface area contributed by atoms with Gasteiger partial charge in [-0.3, -0.25) is 4.79 Å². The molecular formula is C28H26F3N3O3. The Kier molecular flexibility index (Phi) is 7.61. The van der Waals surface area contributed by atoms with Crippen LogP contribution in [0.3, 0.4) is 0 Å². The predicted molar refractivity (Wildman–Crippen MR) is 132 cm³/mol. The van der Waals surface area contributed by atoms with E-state index in [1.807, 2.05) is 24.3 Å². The van der Waals surface area contributed by atoms with Gasteiger partial charge in [-0.1, -0.05) is 42.0 Å². The van der Waals surface area contributed by atoms with Gasteiger partial charge in [-0.15, -0.1) is 18.3 Å². The second kappa shape index (κ2) is 10.9. The van der Waals surface area contributed by atoms with E-state index in [4.69, 9.17) is 4.74 Å². The number of nitrogens with zero attached hydrogens (tertiary/aromatic N) is 3. The second-order valence-corrected chi connectivity index (χ2v) is 8.78. The monoisotopic (exact) mass is 509 g/mol. The van der Waals surface area contributed by atoms with Crippen LogP contribution >= 0.6 is 0 Å². The first kappa shape index (κ1) is 25.9.